The number of thiophene rings is 6. The van der Waals surface area contributed by atoms with Crippen LogP contribution in [0.5, 0.6) is 0 Å². The van der Waals surface area contributed by atoms with E-state index in [4.69, 9.17) is 0 Å². The molecule has 0 unspecified atom stereocenters. The third-order valence-corrected chi connectivity index (χ3v) is 11.8. The van der Waals surface area contributed by atoms with Gasteiger partial charge < -0.3 is 0 Å². The normalized spacial score (nSPS) is 13.0. The Labute approximate surface area is 222 Å². The number of rotatable bonds is 2. The Bertz CT molecular complexity index is 1700. The maximum Gasteiger partial charge on any atom is 0.0449 e. The SMILES string of the molecule is C=c1cc/c(=c2/cc/c(=c3/ccc(=C)s3)s2)s1.Cc1ccc(-c2ccc(-c3ccc(C)s3)s2)s1. The van der Waals surface area contributed by atoms with Crippen LogP contribution in [0.1, 0.15) is 9.75 Å². The van der Waals surface area contributed by atoms with Gasteiger partial charge in [-0.1, -0.05) is 13.2 Å². The Balaban J connectivity index is 0.000000142. The fourth-order valence-electron chi connectivity index (χ4n) is 3.36. The maximum absolute atomic E-state index is 3.95. The molecule has 0 aromatic carbocycles. The van der Waals surface area contributed by atoms with E-state index in [-0.39, 0.29) is 0 Å². The van der Waals surface area contributed by atoms with E-state index in [0.717, 1.165) is 9.06 Å². The minimum atomic E-state index is 1.12. The third-order valence-electron chi connectivity index (χ3n) is 4.99. The molecule has 0 nitrogen and oxygen atoms in total. The van der Waals surface area contributed by atoms with Crippen molar-refractivity contribution in [1.29, 1.82) is 0 Å². The highest BCUT2D eigenvalue weighted by molar-refractivity contribution is 7.26. The summed E-state index contributed by atoms with van der Waals surface area (Å²) in [5.41, 5.74) is 0. The van der Waals surface area contributed by atoms with Crippen LogP contribution in [-0.4, -0.2) is 0 Å². The largest absolute Gasteiger partial charge is 0.140 e. The van der Waals surface area contributed by atoms with E-state index in [9.17, 15) is 0 Å². The van der Waals surface area contributed by atoms with Gasteiger partial charge in [-0.3, -0.25) is 0 Å². The van der Waals surface area contributed by atoms with E-state index >= 15 is 0 Å². The molecular weight excluding hydrogens is 529 g/mol. The van der Waals surface area contributed by atoms with Gasteiger partial charge in [-0.05, 0) is 86.6 Å². The standard InChI is InChI=1S/C14H12S3.C14H10S3/c2*1-9-3-5-11(15-9)13-7-8-14(17-13)12-6-4-10(2)16-12/h3-8H,1-2H3;3-8H,1-2H2/b;13-11+,14-12+. The van der Waals surface area contributed by atoms with Crippen molar-refractivity contribution in [3.05, 3.63) is 110 Å². The van der Waals surface area contributed by atoms with E-state index in [2.05, 4.69) is 99.8 Å². The lowest BCUT2D eigenvalue weighted by Gasteiger charge is -1.90. The summed E-state index contributed by atoms with van der Waals surface area (Å²) in [4.78, 5) is 8.27. The van der Waals surface area contributed by atoms with Crippen LogP contribution >= 0.6 is 68.0 Å². The first-order valence-corrected chi connectivity index (χ1v) is 15.5. The summed E-state index contributed by atoms with van der Waals surface area (Å²) in [6, 6.07) is 26.1. The average Bonchev–Trinajstić information content (AvgIpc) is 3.61. The molecule has 170 valence electrons. The maximum atomic E-state index is 3.95. The van der Waals surface area contributed by atoms with Crippen LogP contribution in [0.3, 0.4) is 0 Å². The molecule has 0 amide bonds. The zero-order valence-corrected chi connectivity index (χ0v) is 23.7. The van der Waals surface area contributed by atoms with E-state index in [0.29, 0.717) is 0 Å². The van der Waals surface area contributed by atoms with Gasteiger partial charge in [0.1, 0.15) is 0 Å². The van der Waals surface area contributed by atoms with Gasteiger partial charge in [-0.15, -0.1) is 68.0 Å². The molecule has 34 heavy (non-hydrogen) atoms. The van der Waals surface area contributed by atoms with Crippen LogP contribution in [0.15, 0.2) is 72.8 Å². The van der Waals surface area contributed by atoms with Gasteiger partial charge in [-0.2, -0.15) is 0 Å². The van der Waals surface area contributed by atoms with Crippen LogP contribution in [0.25, 0.3) is 32.7 Å². The third kappa shape index (κ3) is 5.43. The lowest BCUT2D eigenvalue weighted by molar-refractivity contribution is 1.64. The predicted molar refractivity (Wildman–Crippen MR) is 159 cm³/mol. The second kappa shape index (κ2) is 10.3. The molecule has 6 rings (SSSR count). The molecule has 0 saturated carbocycles. The van der Waals surface area contributed by atoms with Crippen LogP contribution in [-0.2, 0) is 0 Å². The molecule has 0 aliphatic rings. The van der Waals surface area contributed by atoms with Crippen LogP contribution in [0.2, 0.25) is 0 Å². The molecule has 0 N–H and O–H groups in total. The molecule has 6 heteroatoms. The quantitative estimate of drug-likeness (QED) is 0.202. The summed E-state index contributed by atoms with van der Waals surface area (Å²) < 4.78 is 7.48. The number of aryl methyl sites for hydroxylation is 2. The van der Waals surface area contributed by atoms with Gasteiger partial charge in [0.15, 0.2) is 0 Å². The summed E-state index contributed by atoms with van der Waals surface area (Å²) in [6.07, 6.45) is 0. The van der Waals surface area contributed by atoms with Crippen molar-refractivity contribution in [2.45, 2.75) is 13.8 Å². The zero-order valence-electron chi connectivity index (χ0n) is 18.8. The van der Waals surface area contributed by atoms with Crippen molar-refractivity contribution in [2.24, 2.45) is 0 Å². The predicted octanol–water partition coefficient (Wildman–Crippen LogP) is 9.09. The summed E-state index contributed by atoms with van der Waals surface area (Å²) in [6.45, 7) is 12.2. The first-order chi connectivity index (χ1) is 16.4. The summed E-state index contributed by atoms with van der Waals surface area (Å²) in [5.74, 6) is 0. The van der Waals surface area contributed by atoms with Crippen LogP contribution < -0.4 is 9.06 Å². The molecular formula is C28H22S6. The molecule has 0 radical (unpaired) electrons. The smallest absolute Gasteiger partial charge is 0.0449 e. The van der Waals surface area contributed by atoms with E-state index in [1.807, 2.05) is 45.3 Å². The zero-order chi connectivity index (χ0) is 23.7. The minimum absolute atomic E-state index is 1.12. The van der Waals surface area contributed by atoms with E-state index < -0.39 is 0 Å². The summed E-state index contributed by atoms with van der Waals surface area (Å²) in [7, 11) is 0. The van der Waals surface area contributed by atoms with Crippen molar-refractivity contribution in [2.75, 3.05) is 0 Å². The number of hydrogen-bond donors (Lipinski definition) is 0. The molecule has 6 aromatic heterocycles. The lowest BCUT2D eigenvalue weighted by Crippen LogP contribution is -1.78. The summed E-state index contributed by atoms with van der Waals surface area (Å²) >= 11 is 10.9. The Kier molecular flexibility index (Phi) is 7.16. The molecule has 0 saturated heterocycles. The van der Waals surface area contributed by atoms with Gasteiger partial charge in [0.25, 0.3) is 0 Å². The van der Waals surface area contributed by atoms with Crippen LogP contribution in [0.4, 0.5) is 0 Å². The van der Waals surface area contributed by atoms with Crippen molar-refractivity contribution < 1.29 is 0 Å². The molecule has 0 fully saturated rings. The van der Waals surface area contributed by atoms with Crippen molar-refractivity contribution >= 4 is 81.2 Å². The second-order valence-electron chi connectivity index (χ2n) is 7.68. The molecule has 0 aliphatic carbocycles. The molecule has 6 aromatic rings. The highest BCUT2D eigenvalue weighted by Gasteiger charge is 2.07. The van der Waals surface area contributed by atoms with Crippen molar-refractivity contribution in [3.63, 3.8) is 0 Å². The molecule has 0 spiro atoms. The Morgan fingerprint density at radius 1 is 0.382 bits per heavy atom. The molecule has 0 atom stereocenters. The highest BCUT2D eigenvalue weighted by atomic mass is 32.1. The Hall–Kier alpha value is -2.06. The van der Waals surface area contributed by atoms with Gasteiger partial charge >= 0.3 is 0 Å². The Morgan fingerprint density at radius 3 is 1.09 bits per heavy atom. The van der Waals surface area contributed by atoms with Gasteiger partial charge in [0.2, 0.25) is 0 Å². The average molecular weight is 551 g/mol. The lowest BCUT2D eigenvalue weighted by atomic mass is 10.3. The van der Waals surface area contributed by atoms with E-state index in [1.54, 1.807) is 22.7 Å². The van der Waals surface area contributed by atoms with Gasteiger partial charge in [-0.25, -0.2) is 0 Å². The molecule has 6 heterocycles. The minimum Gasteiger partial charge on any atom is -0.140 e. The molecule has 0 aliphatic heterocycles. The first-order valence-electron chi connectivity index (χ1n) is 10.6. The second-order valence-corrected chi connectivity index (χ2v) is 14.8. The fraction of sp³-hybridized carbons (Fsp3) is 0.0714. The van der Waals surface area contributed by atoms with Crippen molar-refractivity contribution in [3.8, 4) is 19.5 Å². The Morgan fingerprint density at radius 2 is 0.735 bits per heavy atom. The number of hydrogen-bond acceptors (Lipinski definition) is 6. The highest BCUT2D eigenvalue weighted by Crippen LogP contribution is 2.39. The van der Waals surface area contributed by atoms with Crippen LogP contribution in [0, 0.1) is 32.0 Å². The summed E-state index contributed by atoms with van der Waals surface area (Å²) in [5, 5.41) is 0. The molecule has 0 bridgehead atoms. The van der Waals surface area contributed by atoms with Gasteiger partial charge in [0, 0.05) is 56.5 Å². The monoisotopic (exact) mass is 550 g/mol. The topological polar surface area (TPSA) is 0 Å². The van der Waals surface area contributed by atoms with Gasteiger partial charge in [0.05, 0.1) is 0 Å². The first kappa shape index (κ1) is 23.7. The fourth-order valence-corrected chi connectivity index (χ4v) is 9.07. The van der Waals surface area contributed by atoms with E-state index in [1.165, 1.54) is 47.4 Å². The van der Waals surface area contributed by atoms with Crippen molar-refractivity contribution in [1.82, 2.24) is 0 Å².